The van der Waals surface area contributed by atoms with Crippen LogP contribution in [-0.2, 0) is 0 Å². The smallest absolute Gasteiger partial charge is 0.159 e. The summed E-state index contributed by atoms with van der Waals surface area (Å²) >= 11 is 0. The highest BCUT2D eigenvalue weighted by Crippen LogP contribution is 2.45. The molecule has 2 saturated carbocycles. The summed E-state index contributed by atoms with van der Waals surface area (Å²) in [5.41, 5.74) is 0.895. The molecule has 0 N–H and O–H groups in total. The van der Waals surface area contributed by atoms with Gasteiger partial charge in [0.25, 0.3) is 0 Å². The molecule has 2 aliphatic rings. The molecule has 0 nitrogen and oxygen atoms in total. The van der Waals surface area contributed by atoms with Crippen molar-refractivity contribution in [1.29, 1.82) is 0 Å². The van der Waals surface area contributed by atoms with E-state index in [1.165, 1.54) is 12.1 Å². The van der Waals surface area contributed by atoms with Gasteiger partial charge in [0.2, 0.25) is 0 Å². The second-order valence-electron chi connectivity index (χ2n) is 7.39. The van der Waals surface area contributed by atoms with E-state index in [-0.39, 0.29) is 12.2 Å². The van der Waals surface area contributed by atoms with Gasteiger partial charge in [-0.3, -0.25) is 0 Å². The minimum Gasteiger partial charge on any atom is -0.213 e. The van der Waals surface area contributed by atoms with Gasteiger partial charge in [0, 0.05) is 5.92 Å². The Labute approximate surface area is 141 Å². The number of allylic oxidation sites excluding steroid dienone is 1. The molecule has 0 amide bonds. The van der Waals surface area contributed by atoms with E-state index in [1.807, 2.05) is 0 Å². The summed E-state index contributed by atoms with van der Waals surface area (Å²) in [6.07, 6.45) is 7.67. The molecule has 1 aromatic rings. The topological polar surface area (TPSA) is 0 Å². The molecule has 0 unspecified atom stereocenters. The van der Waals surface area contributed by atoms with Crippen molar-refractivity contribution in [3.63, 3.8) is 0 Å². The summed E-state index contributed by atoms with van der Waals surface area (Å²) in [7, 11) is 0. The first kappa shape index (κ1) is 17.5. The van der Waals surface area contributed by atoms with Gasteiger partial charge in [-0.05, 0) is 86.8 Å². The van der Waals surface area contributed by atoms with Gasteiger partial charge in [0.1, 0.15) is 12.2 Å². The monoisotopic (exact) mass is 340 g/mol. The summed E-state index contributed by atoms with van der Waals surface area (Å²) in [5, 5.41) is 0. The third-order valence-corrected chi connectivity index (χ3v) is 6.12. The van der Waals surface area contributed by atoms with E-state index in [1.54, 1.807) is 6.07 Å². The van der Waals surface area contributed by atoms with Crippen molar-refractivity contribution in [1.82, 2.24) is 0 Å². The maximum absolute atomic E-state index is 13.4. The minimum atomic E-state index is -0.793. The third kappa shape index (κ3) is 3.84. The van der Waals surface area contributed by atoms with E-state index in [9.17, 15) is 17.6 Å². The second-order valence-corrected chi connectivity index (χ2v) is 7.39. The molecule has 24 heavy (non-hydrogen) atoms. The first-order valence-corrected chi connectivity index (χ1v) is 8.99. The summed E-state index contributed by atoms with van der Waals surface area (Å²) in [4.78, 5) is 0. The lowest BCUT2D eigenvalue weighted by Crippen LogP contribution is -2.25. The van der Waals surface area contributed by atoms with Crippen LogP contribution >= 0.6 is 0 Å². The molecule has 2 fully saturated rings. The van der Waals surface area contributed by atoms with Crippen LogP contribution < -0.4 is 0 Å². The normalized spacial score (nSPS) is 31.9. The van der Waals surface area contributed by atoms with E-state index in [0.717, 1.165) is 56.9 Å². The van der Waals surface area contributed by atoms with Crippen molar-refractivity contribution >= 4 is 0 Å². The Morgan fingerprint density at radius 3 is 1.96 bits per heavy atom. The first-order valence-electron chi connectivity index (χ1n) is 8.99. The van der Waals surface area contributed by atoms with Crippen LogP contribution in [0.2, 0.25) is 0 Å². The van der Waals surface area contributed by atoms with Crippen LogP contribution in [-0.4, -0.2) is 0 Å². The van der Waals surface area contributed by atoms with Crippen molar-refractivity contribution in [3.8, 4) is 0 Å². The van der Waals surface area contributed by atoms with Crippen molar-refractivity contribution in [2.75, 3.05) is 0 Å². The largest absolute Gasteiger partial charge is 0.213 e. The van der Waals surface area contributed by atoms with Crippen molar-refractivity contribution < 1.29 is 17.6 Å². The molecule has 2 aliphatic carbocycles. The van der Waals surface area contributed by atoms with Gasteiger partial charge in [0.05, 0.1) is 0 Å². The zero-order chi connectivity index (χ0) is 17.1. The molecule has 0 bridgehead atoms. The van der Waals surface area contributed by atoms with E-state index in [0.29, 0.717) is 17.8 Å². The van der Waals surface area contributed by atoms with Gasteiger partial charge < -0.3 is 0 Å². The van der Waals surface area contributed by atoms with Gasteiger partial charge in [-0.2, -0.15) is 0 Å². The predicted molar refractivity (Wildman–Crippen MR) is 86.8 cm³/mol. The summed E-state index contributed by atoms with van der Waals surface area (Å²) in [6.45, 7) is 0. The molecular formula is C20H24F4. The van der Waals surface area contributed by atoms with Crippen LogP contribution in [0.4, 0.5) is 17.6 Å². The predicted octanol–water partition coefficient (Wildman–Crippen LogP) is 6.83. The molecule has 0 aromatic heterocycles. The Balaban J connectivity index is 1.51. The van der Waals surface area contributed by atoms with Gasteiger partial charge in [0.15, 0.2) is 11.6 Å². The Morgan fingerprint density at radius 2 is 1.42 bits per heavy atom. The Morgan fingerprint density at radius 1 is 0.833 bits per heavy atom. The maximum atomic E-state index is 13.4. The number of hydrogen-bond acceptors (Lipinski definition) is 0. The van der Waals surface area contributed by atoms with E-state index < -0.39 is 17.5 Å². The number of benzene rings is 1. The zero-order valence-corrected chi connectivity index (χ0v) is 13.8. The van der Waals surface area contributed by atoms with Crippen LogP contribution in [0.3, 0.4) is 0 Å². The number of rotatable bonds is 3. The fourth-order valence-corrected chi connectivity index (χ4v) is 4.65. The highest BCUT2D eigenvalue weighted by molar-refractivity contribution is 5.22. The molecule has 0 atom stereocenters. The van der Waals surface area contributed by atoms with Crippen LogP contribution in [0.25, 0.3) is 0 Å². The Bertz CT molecular complexity index is 579. The molecule has 3 rings (SSSR count). The summed E-state index contributed by atoms with van der Waals surface area (Å²) in [6, 6.07) is 4.24. The zero-order valence-electron chi connectivity index (χ0n) is 13.8. The number of halogens is 4. The lowest BCUT2D eigenvalue weighted by molar-refractivity contribution is 0.161. The Hall–Kier alpha value is -1.32. The molecule has 4 heteroatoms. The van der Waals surface area contributed by atoms with Crippen LogP contribution in [0.5, 0.6) is 0 Å². The fraction of sp³-hybridized carbons (Fsp3) is 0.600. The van der Waals surface area contributed by atoms with Crippen LogP contribution in [0.15, 0.2) is 30.4 Å². The minimum absolute atomic E-state index is 0.109. The molecule has 0 aliphatic heterocycles. The van der Waals surface area contributed by atoms with Crippen molar-refractivity contribution in [2.24, 2.45) is 17.8 Å². The molecule has 0 saturated heterocycles. The van der Waals surface area contributed by atoms with Crippen molar-refractivity contribution in [3.05, 3.63) is 47.6 Å². The lowest BCUT2D eigenvalue weighted by atomic mass is 9.68. The van der Waals surface area contributed by atoms with E-state index >= 15 is 0 Å². The standard InChI is InChI=1S/C20H24F4/c21-12-20(24)16-7-5-14(6-8-16)13-1-3-15(4-2-13)17-9-10-18(22)19(23)11-17/h9-16H,1-8H2/b20-12+. The first-order chi connectivity index (χ1) is 11.6. The fourth-order valence-electron chi connectivity index (χ4n) is 4.65. The molecule has 0 radical (unpaired) electrons. The summed E-state index contributed by atoms with van der Waals surface area (Å²) in [5.74, 6) is -0.862. The third-order valence-electron chi connectivity index (χ3n) is 6.12. The maximum Gasteiger partial charge on any atom is 0.159 e. The highest BCUT2D eigenvalue weighted by Gasteiger charge is 2.32. The van der Waals surface area contributed by atoms with Gasteiger partial charge in [-0.1, -0.05) is 6.07 Å². The van der Waals surface area contributed by atoms with E-state index in [4.69, 9.17) is 0 Å². The quantitative estimate of drug-likeness (QED) is 0.529. The highest BCUT2D eigenvalue weighted by atomic mass is 19.2. The summed E-state index contributed by atoms with van der Waals surface area (Å²) < 4.78 is 52.1. The van der Waals surface area contributed by atoms with Gasteiger partial charge in [-0.25, -0.2) is 17.6 Å². The number of hydrogen-bond donors (Lipinski definition) is 0. The molecule has 1 aromatic carbocycles. The molecular weight excluding hydrogens is 316 g/mol. The van der Waals surface area contributed by atoms with E-state index in [2.05, 4.69) is 0 Å². The second kappa shape index (κ2) is 7.71. The Kier molecular flexibility index (Phi) is 5.62. The molecule has 0 heterocycles. The SMILES string of the molecule is F/C=C(/F)C1CCC(C2CCC(c3ccc(F)c(F)c3)CC2)CC1. The van der Waals surface area contributed by atoms with Gasteiger partial charge >= 0.3 is 0 Å². The molecule has 0 spiro atoms. The lowest BCUT2D eigenvalue weighted by Gasteiger charge is -2.37. The van der Waals surface area contributed by atoms with Crippen molar-refractivity contribution in [2.45, 2.75) is 57.3 Å². The van der Waals surface area contributed by atoms with Crippen LogP contribution in [0, 0.1) is 29.4 Å². The van der Waals surface area contributed by atoms with Gasteiger partial charge in [-0.15, -0.1) is 0 Å². The van der Waals surface area contributed by atoms with Crippen LogP contribution in [0.1, 0.15) is 62.8 Å². The average Bonchev–Trinajstić information content (AvgIpc) is 2.63. The molecule has 132 valence electrons. The average molecular weight is 340 g/mol.